The highest BCUT2D eigenvalue weighted by Crippen LogP contribution is 1.81. The van der Waals surface area contributed by atoms with Crippen molar-refractivity contribution in [2.45, 2.75) is 0 Å². The van der Waals surface area contributed by atoms with E-state index in [-0.39, 0.29) is 0 Å². The third-order valence-corrected chi connectivity index (χ3v) is 0.655. The largest absolute Gasteiger partial charge is 0.499 e. The van der Waals surface area contributed by atoms with Gasteiger partial charge in [0.2, 0.25) is 0 Å². The molecule has 0 atom stereocenters. The lowest BCUT2D eigenvalue weighted by Gasteiger charge is -1.89. The van der Waals surface area contributed by atoms with E-state index in [2.05, 4.69) is 11.1 Å². The van der Waals surface area contributed by atoms with Crippen LogP contribution in [0.15, 0.2) is 11.3 Å². The van der Waals surface area contributed by atoms with Crippen LogP contribution in [0.5, 0.6) is 0 Å². The van der Waals surface area contributed by atoms with E-state index in [4.69, 9.17) is 4.74 Å². The molecule has 0 aromatic heterocycles. The molecule has 1 aliphatic rings. The number of ether oxygens (including phenoxy) is 1. The minimum absolute atomic E-state index is 0.684. The van der Waals surface area contributed by atoms with Crippen LogP contribution >= 0.6 is 0 Å². The Kier molecular flexibility index (Phi) is 1.50. The maximum absolute atomic E-state index is 4.83. The van der Waals surface area contributed by atoms with Crippen LogP contribution in [-0.4, -0.2) is 19.4 Å². The van der Waals surface area contributed by atoms with Crippen molar-refractivity contribution in [1.82, 2.24) is 0 Å². The number of nitrogens with zero attached hydrogens (tertiary/aromatic N) is 1. The molecule has 0 spiro atoms. The monoisotopic (exact) mass is 96.0 g/mol. The third kappa shape index (κ3) is 1.39. The second-order valence-electron chi connectivity index (χ2n) is 1.19. The fraction of sp³-hybridized carbons (Fsp3) is 0.400. The van der Waals surface area contributed by atoms with Crippen molar-refractivity contribution < 1.29 is 4.74 Å². The topological polar surface area (TPSA) is 21.6 Å². The Morgan fingerprint density at radius 1 is 1.71 bits per heavy atom. The Balaban J connectivity index is 2.39. The summed E-state index contributed by atoms with van der Waals surface area (Å²) in [6.07, 6.45) is 5.85. The molecule has 37 valence electrons. The SMILES string of the molecule is [C]1=COCCN=C1. The van der Waals surface area contributed by atoms with E-state index >= 15 is 0 Å². The molecule has 0 fully saturated rings. The molecule has 1 aliphatic heterocycles. The van der Waals surface area contributed by atoms with E-state index in [1.165, 1.54) is 6.26 Å². The summed E-state index contributed by atoms with van der Waals surface area (Å²) in [5.41, 5.74) is 0. The number of aliphatic imine (C=N–C) groups is 1. The molecule has 0 saturated heterocycles. The highest BCUT2D eigenvalue weighted by Gasteiger charge is 1.81. The first kappa shape index (κ1) is 4.37. The lowest BCUT2D eigenvalue weighted by atomic mass is 10.7. The normalized spacial score (nSPS) is 18.3. The lowest BCUT2D eigenvalue weighted by Crippen LogP contribution is -1.87. The highest BCUT2D eigenvalue weighted by atomic mass is 16.5. The van der Waals surface area contributed by atoms with Gasteiger partial charge in [0.25, 0.3) is 0 Å². The summed E-state index contributed by atoms with van der Waals surface area (Å²) in [5, 5.41) is 0. The van der Waals surface area contributed by atoms with Gasteiger partial charge in [0.1, 0.15) is 6.61 Å². The molecule has 1 rings (SSSR count). The van der Waals surface area contributed by atoms with Crippen molar-refractivity contribution in [3.63, 3.8) is 0 Å². The van der Waals surface area contributed by atoms with Gasteiger partial charge in [-0.2, -0.15) is 0 Å². The Hall–Kier alpha value is -0.790. The van der Waals surface area contributed by atoms with Crippen molar-refractivity contribution in [2.75, 3.05) is 13.2 Å². The molecule has 0 amide bonds. The van der Waals surface area contributed by atoms with Crippen LogP contribution in [0, 0.1) is 6.08 Å². The van der Waals surface area contributed by atoms with E-state index in [1.54, 1.807) is 6.21 Å². The van der Waals surface area contributed by atoms with Crippen molar-refractivity contribution >= 4 is 6.21 Å². The molecule has 7 heavy (non-hydrogen) atoms. The molecule has 0 aromatic carbocycles. The summed E-state index contributed by atoms with van der Waals surface area (Å²) in [7, 11) is 0. The molecule has 0 aromatic rings. The van der Waals surface area contributed by atoms with Gasteiger partial charge >= 0.3 is 0 Å². The summed E-state index contributed by atoms with van der Waals surface area (Å²) < 4.78 is 4.83. The lowest BCUT2D eigenvalue weighted by molar-refractivity contribution is 0.261. The average molecular weight is 96.1 g/mol. The average Bonchev–Trinajstić information content (AvgIpc) is 1.90. The Morgan fingerprint density at radius 2 is 2.71 bits per heavy atom. The first-order valence-corrected chi connectivity index (χ1v) is 2.18. The first-order valence-electron chi connectivity index (χ1n) is 2.18. The van der Waals surface area contributed by atoms with E-state index in [0.717, 1.165) is 6.54 Å². The first-order chi connectivity index (χ1) is 3.50. The van der Waals surface area contributed by atoms with Crippen molar-refractivity contribution in [3.05, 3.63) is 12.3 Å². The van der Waals surface area contributed by atoms with Crippen LogP contribution in [-0.2, 0) is 4.74 Å². The van der Waals surface area contributed by atoms with E-state index in [1.807, 2.05) is 0 Å². The molecule has 0 N–H and O–H groups in total. The van der Waals surface area contributed by atoms with Crippen molar-refractivity contribution in [2.24, 2.45) is 4.99 Å². The summed E-state index contributed by atoms with van der Waals surface area (Å²) in [4.78, 5) is 3.88. The second-order valence-corrected chi connectivity index (χ2v) is 1.19. The molecule has 2 nitrogen and oxygen atoms in total. The summed E-state index contributed by atoms with van der Waals surface area (Å²) >= 11 is 0. The molecule has 2 heteroatoms. The highest BCUT2D eigenvalue weighted by molar-refractivity contribution is 5.65. The van der Waals surface area contributed by atoms with Crippen LogP contribution in [0.4, 0.5) is 0 Å². The van der Waals surface area contributed by atoms with Gasteiger partial charge in [-0.1, -0.05) is 0 Å². The molecular formula is C5H6NO. The molecule has 0 saturated carbocycles. The van der Waals surface area contributed by atoms with Crippen LogP contribution in [0.25, 0.3) is 0 Å². The van der Waals surface area contributed by atoms with E-state index in [9.17, 15) is 0 Å². The molecule has 0 bridgehead atoms. The predicted octanol–water partition coefficient (Wildman–Crippen LogP) is 0.404. The van der Waals surface area contributed by atoms with Crippen molar-refractivity contribution in [3.8, 4) is 0 Å². The fourth-order valence-electron chi connectivity index (χ4n) is 0.360. The molecule has 1 heterocycles. The summed E-state index contributed by atoms with van der Waals surface area (Å²) in [5.74, 6) is 0. The van der Waals surface area contributed by atoms with Gasteiger partial charge in [0.15, 0.2) is 0 Å². The predicted molar refractivity (Wildman–Crippen MR) is 27.1 cm³/mol. The van der Waals surface area contributed by atoms with Gasteiger partial charge in [0, 0.05) is 12.3 Å². The molecule has 0 aliphatic carbocycles. The zero-order chi connectivity index (χ0) is 4.95. The Bertz CT molecular complexity index is 84.3. The van der Waals surface area contributed by atoms with Gasteiger partial charge in [-0.25, -0.2) is 0 Å². The zero-order valence-corrected chi connectivity index (χ0v) is 3.92. The van der Waals surface area contributed by atoms with Gasteiger partial charge in [0.05, 0.1) is 12.8 Å². The van der Waals surface area contributed by atoms with Crippen LogP contribution < -0.4 is 0 Å². The number of rotatable bonds is 0. The third-order valence-electron chi connectivity index (χ3n) is 0.655. The van der Waals surface area contributed by atoms with Gasteiger partial charge in [-0.15, -0.1) is 0 Å². The Morgan fingerprint density at radius 3 is 3.71 bits per heavy atom. The Labute approximate surface area is 42.5 Å². The summed E-state index contributed by atoms with van der Waals surface area (Å²) in [6.45, 7) is 1.44. The van der Waals surface area contributed by atoms with Crippen LogP contribution in [0.3, 0.4) is 0 Å². The van der Waals surface area contributed by atoms with Gasteiger partial charge in [-0.05, 0) is 0 Å². The second kappa shape index (κ2) is 2.39. The van der Waals surface area contributed by atoms with Gasteiger partial charge in [-0.3, -0.25) is 4.99 Å². The smallest absolute Gasteiger partial charge is 0.107 e. The number of hydrogen-bond acceptors (Lipinski definition) is 2. The van der Waals surface area contributed by atoms with Crippen LogP contribution in [0.1, 0.15) is 0 Å². The zero-order valence-electron chi connectivity index (χ0n) is 3.92. The molecular weight excluding hydrogens is 90.1 g/mol. The van der Waals surface area contributed by atoms with Gasteiger partial charge < -0.3 is 4.74 Å². The minimum Gasteiger partial charge on any atom is -0.499 e. The van der Waals surface area contributed by atoms with E-state index in [0.29, 0.717) is 6.61 Å². The number of allylic oxidation sites excluding steroid dienone is 1. The number of hydrogen-bond donors (Lipinski definition) is 0. The quantitative estimate of drug-likeness (QED) is 0.428. The van der Waals surface area contributed by atoms with Crippen molar-refractivity contribution in [1.29, 1.82) is 0 Å². The van der Waals surface area contributed by atoms with Crippen LogP contribution in [0.2, 0.25) is 0 Å². The van der Waals surface area contributed by atoms with E-state index < -0.39 is 0 Å². The minimum atomic E-state index is 0.684. The molecule has 1 radical (unpaired) electrons. The molecule has 0 unspecified atom stereocenters. The fourth-order valence-corrected chi connectivity index (χ4v) is 0.360. The standard InChI is InChI=1S/C5H6NO/c1-2-6-3-5-7-4-1/h2,4H,3,5H2. The maximum atomic E-state index is 4.83. The summed E-state index contributed by atoms with van der Waals surface area (Å²) in [6, 6.07) is 0. The maximum Gasteiger partial charge on any atom is 0.107 e.